The zero-order valence-electron chi connectivity index (χ0n) is 9.51. The fraction of sp³-hybridized carbons (Fsp3) is 0.455. The van der Waals surface area contributed by atoms with Crippen molar-refractivity contribution in [2.75, 3.05) is 13.7 Å². The Labute approximate surface area is 95.0 Å². The predicted molar refractivity (Wildman–Crippen MR) is 60.6 cm³/mol. The second-order valence-electron chi connectivity index (χ2n) is 3.47. The normalized spacial score (nSPS) is 14.2. The van der Waals surface area contributed by atoms with Crippen molar-refractivity contribution in [3.63, 3.8) is 0 Å². The summed E-state index contributed by atoms with van der Waals surface area (Å²) in [6.45, 7) is 2.07. The van der Waals surface area contributed by atoms with E-state index < -0.39 is 6.10 Å². The molecule has 88 valence electrons. The molecule has 0 aliphatic carbocycles. The Morgan fingerprint density at radius 3 is 2.69 bits per heavy atom. The van der Waals surface area contributed by atoms with Gasteiger partial charge in [0.05, 0.1) is 6.04 Å². The minimum Gasteiger partial charge on any atom is -0.370 e. The Hall–Kier alpha value is -1.46. The minimum absolute atomic E-state index is 0.0836. The highest BCUT2D eigenvalue weighted by atomic mass is 16.5. The fourth-order valence-electron chi connectivity index (χ4n) is 1.35. The van der Waals surface area contributed by atoms with Crippen LogP contribution in [0.25, 0.3) is 0 Å². The van der Waals surface area contributed by atoms with Crippen LogP contribution in [0.4, 0.5) is 0 Å². The summed E-state index contributed by atoms with van der Waals surface area (Å²) in [5, 5.41) is 2.83. The quantitative estimate of drug-likeness (QED) is 0.749. The second-order valence-corrected chi connectivity index (χ2v) is 3.47. The fourth-order valence-corrected chi connectivity index (χ4v) is 1.35. The highest BCUT2D eigenvalue weighted by Crippen LogP contribution is 2.10. The highest BCUT2D eigenvalue weighted by Gasteiger charge is 2.18. The molecular weight excluding hydrogens is 206 g/mol. The Kier molecular flexibility index (Phi) is 4.88. The van der Waals surface area contributed by atoms with Gasteiger partial charge in [0.2, 0.25) is 0 Å². The number of hydrogen-bond acceptors (Lipinski definition) is 4. The van der Waals surface area contributed by atoms with Crippen molar-refractivity contribution in [1.82, 2.24) is 10.3 Å². The number of carbonyl (C=O) groups excluding carboxylic acids is 1. The molecule has 2 atom stereocenters. The van der Waals surface area contributed by atoms with Crippen LogP contribution in [0.2, 0.25) is 0 Å². The van der Waals surface area contributed by atoms with Gasteiger partial charge in [-0.1, -0.05) is 0 Å². The third-order valence-corrected chi connectivity index (χ3v) is 2.36. The van der Waals surface area contributed by atoms with E-state index >= 15 is 0 Å². The molecule has 0 saturated heterocycles. The van der Waals surface area contributed by atoms with E-state index in [1.165, 1.54) is 7.11 Å². The molecule has 0 bridgehead atoms. The van der Waals surface area contributed by atoms with Gasteiger partial charge in [-0.25, -0.2) is 0 Å². The summed E-state index contributed by atoms with van der Waals surface area (Å²) in [5.74, 6) is -0.200. The van der Waals surface area contributed by atoms with Crippen molar-refractivity contribution in [2.45, 2.75) is 19.1 Å². The van der Waals surface area contributed by atoms with Crippen molar-refractivity contribution in [3.05, 3.63) is 30.1 Å². The van der Waals surface area contributed by atoms with Crippen LogP contribution in [0.1, 0.15) is 18.5 Å². The number of ether oxygens (including phenoxy) is 1. The van der Waals surface area contributed by atoms with Crippen LogP contribution in [0, 0.1) is 0 Å². The lowest BCUT2D eigenvalue weighted by molar-refractivity contribution is -0.131. The molecule has 1 rings (SSSR count). The van der Waals surface area contributed by atoms with Crippen LogP contribution >= 0.6 is 0 Å². The number of nitrogens with two attached hydrogens (primary N) is 1. The summed E-state index contributed by atoms with van der Waals surface area (Å²) in [6, 6.07) is 3.63. The lowest BCUT2D eigenvalue weighted by Crippen LogP contribution is -2.41. The molecule has 0 aromatic carbocycles. The first kappa shape index (κ1) is 12.6. The lowest BCUT2D eigenvalue weighted by Gasteiger charge is -2.18. The van der Waals surface area contributed by atoms with Gasteiger partial charge < -0.3 is 15.8 Å². The van der Waals surface area contributed by atoms with Crippen molar-refractivity contribution >= 4 is 5.91 Å². The molecule has 0 spiro atoms. The molecule has 0 radical (unpaired) electrons. The van der Waals surface area contributed by atoms with E-state index in [1.807, 2.05) is 19.1 Å². The predicted octanol–water partition coefficient (Wildman–Crippen LogP) is 0.233. The molecule has 0 aliphatic rings. The number of rotatable bonds is 5. The van der Waals surface area contributed by atoms with Gasteiger partial charge in [-0.05, 0) is 24.6 Å². The third kappa shape index (κ3) is 3.29. The first-order valence-corrected chi connectivity index (χ1v) is 5.12. The first-order valence-electron chi connectivity index (χ1n) is 5.12. The van der Waals surface area contributed by atoms with Gasteiger partial charge in [-0.3, -0.25) is 9.78 Å². The maximum absolute atomic E-state index is 11.7. The number of hydrogen-bond donors (Lipinski definition) is 2. The molecule has 2 unspecified atom stereocenters. The van der Waals surface area contributed by atoms with Crippen LogP contribution in [0.5, 0.6) is 0 Å². The molecule has 16 heavy (non-hydrogen) atoms. The van der Waals surface area contributed by atoms with E-state index in [0.29, 0.717) is 0 Å². The largest absolute Gasteiger partial charge is 0.370 e. The smallest absolute Gasteiger partial charge is 0.250 e. The molecular formula is C11H17N3O2. The van der Waals surface area contributed by atoms with Crippen molar-refractivity contribution in [1.29, 1.82) is 0 Å². The van der Waals surface area contributed by atoms with E-state index in [9.17, 15) is 4.79 Å². The standard InChI is InChI=1S/C11H17N3O2/c1-8(9-3-5-13-6-4-9)14-11(15)10(7-12)16-2/h3-6,8,10H,7,12H2,1-2H3,(H,14,15). The lowest BCUT2D eigenvalue weighted by atomic mass is 10.1. The van der Waals surface area contributed by atoms with E-state index in [-0.39, 0.29) is 18.5 Å². The molecule has 1 aromatic rings. The highest BCUT2D eigenvalue weighted by molar-refractivity contribution is 5.81. The van der Waals surface area contributed by atoms with Crippen molar-refractivity contribution in [3.8, 4) is 0 Å². The number of aromatic nitrogens is 1. The zero-order valence-corrected chi connectivity index (χ0v) is 9.51. The number of pyridine rings is 1. The maximum atomic E-state index is 11.7. The number of amides is 1. The molecule has 5 heteroatoms. The van der Waals surface area contributed by atoms with Gasteiger partial charge in [0, 0.05) is 26.0 Å². The number of methoxy groups -OCH3 is 1. The summed E-state index contributed by atoms with van der Waals surface area (Å²) in [4.78, 5) is 15.6. The van der Waals surface area contributed by atoms with E-state index in [2.05, 4.69) is 10.3 Å². The summed E-state index contributed by atoms with van der Waals surface area (Å²) >= 11 is 0. The van der Waals surface area contributed by atoms with Gasteiger partial charge in [0.25, 0.3) is 5.91 Å². The minimum atomic E-state index is -0.593. The molecule has 1 heterocycles. The van der Waals surface area contributed by atoms with E-state index in [4.69, 9.17) is 10.5 Å². The Balaban J connectivity index is 2.58. The number of nitrogens with zero attached hydrogens (tertiary/aromatic N) is 1. The van der Waals surface area contributed by atoms with Crippen molar-refractivity contribution in [2.24, 2.45) is 5.73 Å². The van der Waals surface area contributed by atoms with Crippen LogP contribution in [-0.4, -0.2) is 30.6 Å². The third-order valence-electron chi connectivity index (χ3n) is 2.36. The Morgan fingerprint density at radius 1 is 1.56 bits per heavy atom. The van der Waals surface area contributed by atoms with Gasteiger partial charge in [0.15, 0.2) is 0 Å². The summed E-state index contributed by atoms with van der Waals surface area (Å²) in [5.41, 5.74) is 6.40. The number of nitrogens with one attached hydrogen (secondary N) is 1. The van der Waals surface area contributed by atoms with Gasteiger partial charge >= 0.3 is 0 Å². The Bertz CT molecular complexity index is 325. The SMILES string of the molecule is COC(CN)C(=O)NC(C)c1ccncc1. The zero-order chi connectivity index (χ0) is 12.0. The molecule has 5 nitrogen and oxygen atoms in total. The summed E-state index contributed by atoms with van der Waals surface area (Å²) in [6.07, 6.45) is 2.79. The number of carbonyl (C=O) groups is 1. The first-order chi connectivity index (χ1) is 7.69. The topological polar surface area (TPSA) is 77.2 Å². The molecule has 0 fully saturated rings. The van der Waals surface area contributed by atoms with Crippen molar-refractivity contribution < 1.29 is 9.53 Å². The van der Waals surface area contributed by atoms with Crippen LogP contribution in [-0.2, 0) is 9.53 Å². The summed E-state index contributed by atoms with van der Waals surface area (Å²) < 4.78 is 4.95. The molecule has 0 aliphatic heterocycles. The molecule has 0 saturated carbocycles. The molecule has 1 aromatic heterocycles. The average Bonchev–Trinajstić information content (AvgIpc) is 2.31. The monoisotopic (exact) mass is 223 g/mol. The molecule has 3 N–H and O–H groups in total. The average molecular weight is 223 g/mol. The van der Waals surface area contributed by atoms with Crippen LogP contribution < -0.4 is 11.1 Å². The summed E-state index contributed by atoms with van der Waals surface area (Å²) in [7, 11) is 1.47. The van der Waals surface area contributed by atoms with E-state index in [1.54, 1.807) is 12.4 Å². The molecule has 1 amide bonds. The second kappa shape index (κ2) is 6.19. The Morgan fingerprint density at radius 2 is 2.19 bits per heavy atom. The van der Waals surface area contributed by atoms with Crippen LogP contribution in [0.15, 0.2) is 24.5 Å². The maximum Gasteiger partial charge on any atom is 0.250 e. The van der Waals surface area contributed by atoms with Gasteiger partial charge in [0.1, 0.15) is 6.10 Å². The van der Waals surface area contributed by atoms with E-state index in [0.717, 1.165) is 5.56 Å². The van der Waals surface area contributed by atoms with Crippen LogP contribution in [0.3, 0.4) is 0 Å². The van der Waals surface area contributed by atoms with Gasteiger partial charge in [-0.2, -0.15) is 0 Å². The van der Waals surface area contributed by atoms with Gasteiger partial charge in [-0.15, -0.1) is 0 Å².